The SMILES string of the molecule is Cc1cc2cccc(C(C)(C)C)c2cc1C. The van der Waals surface area contributed by atoms with Crippen molar-refractivity contribution in [2.75, 3.05) is 0 Å². The van der Waals surface area contributed by atoms with E-state index in [1.54, 1.807) is 0 Å². The number of fused-ring (bicyclic) bond motifs is 1. The maximum absolute atomic E-state index is 2.32. The predicted octanol–water partition coefficient (Wildman–Crippen LogP) is 4.75. The summed E-state index contributed by atoms with van der Waals surface area (Å²) >= 11 is 0. The van der Waals surface area contributed by atoms with Gasteiger partial charge >= 0.3 is 0 Å². The van der Waals surface area contributed by atoms with Gasteiger partial charge < -0.3 is 0 Å². The van der Waals surface area contributed by atoms with Crippen molar-refractivity contribution >= 4 is 10.8 Å². The van der Waals surface area contributed by atoms with Gasteiger partial charge in [-0.1, -0.05) is 51.1 Å². The second-order valence-electron chi connectivity index (χ2n) is 5.71. The minimum atomic E-state index is 0.210. The van der Waals surface area contributed by atoms with E-state index in [9.17, 15) is 0 Å². The molecule has 2 aromatic rings. The van der Waals surface area contributed by atoms with Crippen LogP contribution in [-0.4, -0.2) is 0 Å². The Balaban J connectivity index is 2.82. The van der Waals surface area contributed by atoms with Crippen LogP contribution in [0.3, 0.4) is 0 Å². The highest BCUT2D eigenvalue weighted by molar-refractivity contribution is 5.88. The quantitative estimate of drug-likeness (QED) is 0.591. The van der Waals surface area contributed by atoms with Crippen molar-refractivity contribution in [3.63, 3.8) is 0 Å². The molecule has 0 fully saturated rings. The number of aryl methyl sites for hydroxylation is 2. The van der Waals surface area contributed by atoms with Crippen molar-refractivity contribution in [3.8, 4) is 0 Å². The van der Waals surface area contributed by atoms with E-state index in [1.807, 2.05) is 0 Å². The molecular formula is C16H20. The van der Waals surface area contributed by atoms with Crippen molar-refractivity contribution in [3.05, 3.63) is 47.0 Å². The summed E-state index contributed by atoms with van der Waals surface area (Å²) in [5.74, 6) is 0. The minimum absolute atomic E-state index is 0.210. The summed E-state index contributed by atoms with van der Waals surface area (Å²) in [6.07, 6.45) is 0. The number of rotatable bonds is 0. The zero-order valence-corrected chi connectivity index (χ0v) is 10.9. The Hall–Kier alpha value is -1.30. The first-order valence-corrected chi connectivity index (χ1v) is 5.90. The molecule has 0 spiro atoms. The molecule has 2 aromatic carbocycles. The molecule has 0 heterocycles. The van der Waals surface area contributed by atoms with E-state index in [0.717, 1.165) is 0 Å². The number of hydrogen-bond acceptors (Lipinski definition) is 0. The van der Waals surface area contributed by atoms with Gasteiger partial charge in [-0.05, 0) is 46.7 Å². The molecule has 0 aliphatic rings. The second kappa shape index (κ2) is 3.62. The molecule has 0 heteroatoms. The fourth-order valence-corrected chi connectivity index (χ4v) is 2.20. The van der Waals surface area contributed by atoms with Crippen molar-refractivity contribution in [1.29, 1.82) is 0 Å². The van der Waals surface area contributed by atoms with Gasteiger partial charge in [0, 0.05) is 0 Å². The largest absolute Gasteiger partial charge is 0.0613 e. The smallest absolute Gasteiger partial charge is 0.0126 e. The van der Waals surface area contributed by atoms with Gasteiger partial charge in [-0.3, -0.25) is 0 Å². The van der Waals surface area contributed by atoms with Crippen LogP contribution in [0.5, 0.6) is 0 Å². The first kappa shape index (κ1) is 11.2. The average Bonchev–Trinajstić information content (AvgIpc) is 2.17. The lowest BCUT2D eigenvalue weighted by Crippen LogP contribution is -2.11. The predicted molar refractivity (Wildman–Crippen MR) is 72.1 cm³/mol. The van der Waals surface area contributed by atoms with Crippen molar-refractivity contribution < 1.29 is 0 Å². The highest BCUT2D eigenvalue weighted by Gasteiger charge is 2.16. The van der Waals surface area contributed by atoms with Crippen LogP contribution in [0.15, 0.2) is 30.3 Å². The first-order chi connectivity index (χ1) is 7.39. The van der Waals surface area contributed by atoms with E-state index >= 15 is 0 Å². The molecule has 0 N–H and O–H groups in total. The fourth-order valence-electron chi connectivity index (χ4n) is 2.20. The summed E-state index contributed by atoms with van der Waals surface area (Å²) < 4.78 is 0. The van der Waals surface area contributed by atoms with Crippen LogP contribution < -0.4 is 0 Å². The van der Waals surface area contributed by atoms with E-state index in [1.165, 1.54) is 27.5 Å². The normalized spacial score (nSPS) is 12.1. The maximum atomic E-state index is 2.32. The van der Waals surface area contributed by atoms with E-state index in [2.05, 4.69) is 65.0 Å². The topological polar surface area (TPSA) is 0 Å². The third-order valence-electron chi connectivity index (χ3n) is 3.30. The standard InChI is InChI=1S/C16H20/c1-11-9-13-7-6-8-15(16(3,4)5)14(13)10-12(11)2/h6-10H,1-5H3. The number of benzene rings is 2. The highest BCUT2D eigenvalue weighted by atomic mass is 14.2. The monoisotopic (exact) mass is 212 g/mol. The van der Waals surface area contributed by atoms with Gasteiger partial charge in [0.1, 0.15) is 0 Å². The summed E-state index contributed by atoms with van der Waals surface area (Å²) in [6.45, 7) is 11.2. The van der Waals surface area contributed by atoms with Gasteiger partial charge in [-0.15, -0.1) is 0 Å². The van der Waals surface area contributed by atoms with E-state index in [4.69, 9.17) is 0 Å². The van der Waals surface area contributed by atoms with Crippen LogP contribution in [0, 0.1) is 13.8 Å². The van der Waals surface area contributed by atoms with Crippen LogP contribution in [0.2, 0.25) is 0 Å². The molecular weight excluding hydrogens is 192 g/mol. The van der Waals surface area contributed by atoms with Crippen LogP contribution in [0.4, 0.5) is 0 Å². The first-order valence-electron chi connectivity index (χ1n) is 5.90. The van der Waals surface area contributed by atoms with Crippen molar-refractivity contribution in [2.24, 2.45) is 0 Å². The molecule has 0 amide bonds. The molecule has 0 radical (unpaired) electrons. The van der Waals surface area contributed by atoms with Gasteiger partial charge in [-0.2, -0.15) is 0 Å². The van der Waals surface area contributed by atoms with Crippen LogP contribution in [0.25, 0.3) is 10.8 Å². The van der Waals surface area contributed by atoms with Gasteiger partial charge in [-0.25, -0.2) is 0 Å². The Bertz CT molecular complexity index is 527. The summed E-state index contributed by atoms with van der Waals surface area (Å²) in [5.41, 5.74) is 4.40. The lowest BCUT2D eigenvalue weighted by Gasteiger charge is -2.22. The Morgan fingerprint density at radius 2 is 1.50 bits per heavy atom. The highest BCUT2D eigenvalue weighted by Crippen LogP contribution is 2.31. The van der Waals surface area contributed by atoms with Gasteiger partial charge in [0.15, 0.2) is 0 Å². The summed E-state index contributed by atoms with van der Waals surface area (Å²) in [4.78, 5) is 0. The van der Waals surface area contributed by atoms with Gasteiger partial charge in [0.25, 0.3) is 0 Å². The van der Waals surface area contributed by atoms with Crippen molar-refractivity contribution in [2.45, 2.75) is 40.0 Å². The molecule has 0 saturated heterocycles. The van der Waals surface area contributed by atoms with E-state index < -0.39 is 0 Å². The molecule has 84 valence electrons. The summed E-state index contributed by atoms with van der Waals surface area (Å²) in [5, 5.41) is 2.76. The zero-order chi connectivity index (χ0) is 11.9. The van der Waals surface area contributed by atoms with Gasteiger partial charge in [0.2, 0.25) is 0 Å². The fraction of sp³-hybridized carbons (Fsp3) is 0.375. The van der Waals surface area contributed by atoms with E-state index in [0.29, 0.717) is 0 Å². The van der Waals surface area contributed by atoms with Crippen LogP contribution in [-0.2, 0) is 5.41 Å². The average molecular weight is 212 g/mol. The molecule has 0 bridgehead atoms. The summed E-state index contributed by atoms with van der Waals surface area (Å²) in [6, 6.07) is 11.2. The molecule has 2 rings (SSSR count). The molecule has 0 saturated carbocycles. The molecule has 0 aromatic heterocycles. The molecule has 0 atom stereocenters. The van der Waals surface area contributed by atoms with Crippen LogP contribution in [0.1, 0.15) is 37.5 Å². The third-order valence-corrected chi connectivity index (χ3v) is 3.30. The molecule has 16 heavy (non-hydrogen) atoms. The van der Waals surface area contributed by atoms with Crippen molar-refractivity contribution in [1.82, 2.24) is 0 Å². The third kappa shape index (κ3) is 1.84. The summed E-state index contributed by atoms with van der Waals surface area (Å²) in [7, 11) is 0. The molecule has 0 aliphatic carbocycles. The van der Waals surface area contributed by atoms with Crippen LogP contribution >= 0.6 is 0 Å². The second-order valence-corrected chi connectivity index (χ2v) is 5.71. The Morgan fingerprint density at radius 1 is 0.875 bits per heavy atom. The molecule has 0 nitrogen and oxygen atoms in total. The number of hydrogen-bond donors (Lipinski definition) is 0. The molecule has 0 unspecified atom stereocenters. The Morgan fingerprint density at radius 3 is 2.12 bits per heavy atom. The van der Waals surface area contributed by atoms with Gasteiger partial charge in [0.05, 0.1) is 0 Å². The lowest BCUT2D eigenvalue weighted by molar-refractivity contribution is 0.596. The maximum Gasteiger partial charge on any atom is -0.0126 e. The lowest BCUT2D eigenvalue weighted by atomic mass is 9.83. The van der Waals surface area contributed by atoms with E-state index in [-0.39, 0.29) is 5.41 Å². The zero-order valence-electron chi connectivity index (χ0n) is 10.9. The Labute approximate surface area is 98.3 Å². The molecule has 0 aliphatic heterocycles. The Kier molecular flexibility index (Phi) is 2.53. The minimum Gasteiger partial charge on any atom is -0.0613 e.